The minimum absolute atomic E-state index is 0.113. The zero-order valence-electron chi connectivity index (χ0n) is 10.4. The highest BCUT2D eigenvalue weighted by Crippen LogP contribution is 2.29. The highest BCUT2D eigenvalue weighted by atomic mass is 16.6. The number of carbonyl (C=O) groups excluding carboxylic acids is 2. The molecule has 96 valence electrons. The first kappa shape index (κ1) is 12.6. The molecule has 4 nitrogen and oxygen atoms in total. The number of esters is 1. The van der Waals surface area contributed by atoms with Crippen LogP contribution in [0.3, 0.4) is 0 Å². The Morgan fingerprint density at radius 3 is 2.94 bits per heavy atom. The Bertz CT molecular complexity index is 465. The Hall–Kier alpha value is -1.84. The fraction of sp³-hybridized carbons (Fsp3) is 0.429. The first-order valence-corrected chi connectivity index (χ1v) is 6.16. The van der Waals surface area contributed by atoms with Crippen LogP contribution in [0.4, 0.5) is 0 Å². The number of hydrogen-bond donors (Lipinski definition) is 0. The number of ether oxygens (including phenoxy) is 2. The van der Waals surface area contributed by atoms with Gasteiger partial charge in [-0.1, -0.05) is 12.1 Å². The molecule has 0 unspecified atom stereocenters. The molecule has 0 fully saturated rings. The largest absolute Gasteiger partial charge is 0.482 e. The van der Waals surface area contributed by atoms with Crippen molar-refractivity contribution in [1.82, 2.24) is 0 Å². The number of Topliss-reactive ketones (excluding diaryl/α,β-unsaturated/α-hetero) is 1. The summed E-state index contributed by atoms with van der Waals surface area (Å²) in [6.07, 6.45) is 2.25. The zero-order valence-corrected chi connectivity index (χ0v) is 10.4. The summed E-state index contributed by atoms with van der Waals surface area (Å²) in [7, 11) is 0. The van der Waals surface area contributed by atoms with Crippen LogP contribution in [-0.2, 0) is 16.0 Å². The van der Waals surface area contributed by atoms with Crippen molar-refractivity contribution >= 4 is 11.8 Å². The van der Waals surface area contributed by atoms with E-state index in [0.29, 0.717) is 18.8 Å². The van der Waals surface area contributed by atoms with Crippen LogP contribution in [0.1, 0.15) is 35.7 Å². The van der Waals surface area contributed by atoms with Gasteiger partial charge in [0.25, 0.3) is 0 Å². The SMILES string of the molecule is CCOC(=O)COc1cccc2c1CCCC2=O. The third kappa shape index (κ3) is 2.70. The first-order valence-electron chi connectivity index (χ1n) is 6.16. The van der Waals surface area contributed by atoms with Gasteiger partial charge in [0.2, 0.25) is 0 Å². The van der Waals surface area contributed by atoms with E-state index in [-0.39, 0.29) is 12.4 Å². The Labute approximate surface area is 106 Å². The van der Waals surface area contributed by atoms with Crippen molar-refractivity contribution in [3.8, 4) is 5.75 Å². The van der Waals surface area contributed by atoms with Crippen LogP contribution in [0, 0.1) is 0 Å². The van der Waals surface area contributed by atoms with Crippen LogP contribution in [0.25, 0.3) is 0 Å². The molecule has 0 radical (unpaired) electrons. The molecule has 0 spiro atoms. The second kappa shape index (κ2) is 5.67. The molecule has 0 aliphatic heterocycles. The molecule has 0 amide bonds. The molecular formula is C14H16O4. The molecule has 0 saturated heterocycles. The highest BCUT2D eigenvalue weighted by molar-refractivity contribution is 5.99. The summed E-state index contributed by atoms with van der Waals surface area (Å²) in [5.41, 5.74) is 1.64. The zero-order chi connectivity index (χ0) is 13.0. The van der Waals surface area contributed by atoms with Gasteiger partial charge in [0.1, 0.15) is 5.75 Å². The van der Waals surface area contributed by atoms with Gasteiger partial charge in [-0.2, -0.15) is 0 Å². The van der Waals surface area contributed by atoms with Crippen molar-refractivity contribution in [1.29, 1.82) is 0 Å². The number of fused-ring (bicyclic) bond motifs is 1. The van der Waals surface area contributed by atoms with Crippen LogP contribution in [-0.4, -0.2) is 25.0 Å². The normalized spacial score (nSPS) is 13.9. The molecule has 0 heterocycles. The van der Waals surface area contributed by atoms with E-state index in [1.165, 1.54) is 0 Å². The lowest BCUT2D eigenvalue weighted by atomic mass is 9.90. The van der Waals surface area contributed by atoms with E-state index in [1.807, 2.05) is 6.07 Å². The molecule has 0 N–H and O–H groups in total. The molecular weight excluding hydrogens is 232 g/mol. The Morgan fingerprint density at radius 1 is 1.33 bits per heavy atom. The smallest absolute Gasteiger partial charge is 0.344 e. The first-order chi connectivity index (χ1) is 8.72. The maximum atomic E-state index is 11.7. The van der Waals surface area contributed by atoms with Crippen LogP contribution in [0.15, 0.2) is 18.2 Å². The van der Waals surface area contributed by atoms with Crippen molar-refractivity contribution in [2.45, 2.75) is 26.2 Å². The van der Waals surface area contributed by atoms with Gasteiger partial charge in [-0.05, 0) is 25.8 Å². The van der Waals surface area contributed by atoms with Crippen LogP contribution in [0.2, 0.25) is 0 Å². The van der Waals surface area contributed by atoms with E-state index in [2.05, 4.69) is 0 Å². The highest BCUT2D eigenvalue weighted by Gasteiger charge is 2.20. The molecule has 0 saturated carbocycles. The molecule has 1 aromatic carbocycles. The number of ketones is 1. The Balaban J connectivity index is 2.12. The molecule has 0 atom stereocenters. The third-order valence-electron chi connectivity index (χ3n) is 2.91. The van der Waals surface area contributed by atoms with Crippen molar-refractivity contribution in [3.05, 3.63) is 29.3 Å². The quantitative estimate of drug-likeness (QED) is 0.766. The minimum Gasteiger partial charge on any atom is -0.482 e. The van der Waals surface area contributed by atoms with Gasteiger partial charge in [-0.25, -0.2) is 4.79 Å². The lowest BCUT2D eigenvalue weighted by Gasteiger charge is -2.18. The average molecular weight is 248 g/mol. The van der Waals surface area contributed by atoms with E-state index in [4.69, 9.17) is 9.47 Å². The van der Waals surface area contributed by atoms with E-state index < -0.39 is 5.97 Å². The summed E-state index contributed by atoms with van der Waals surface area (Å²) in [4.78, 5) is 23.0. The summed E-state index contributed by atoms with van der Waals surface area (Å²) >= 11 is 0. The molecule has 0 aromatic heterocycles. The third-order valence-corrected chi connectivity index (χ3v) is 2.91. The lowest BCUT2D eigenvalue weighted by Crippen LogP contribution is -2.17. The van der Waals surface area contributed by atoms with Crippen molar-refractivity contribution < 1.29 is 19.1 Å². The molecule has 1 aliphatic rings. The van der Waals surface area contributed by atoms with E-state index >= 15 is 0 Å². The number of carbonyl (C=O) groups is 2. The fourth-order valence-electron chi connectivity index (χ4n) is 2.12. The van der Waals surface area contributed by atoms with Crippen molar-refractivity contribution in [2.24, 2.45) is 0 Å². The summed E-state index contributed by atoms with van der Waals surface area (Å²) in [6, 6.07) is 5.38. The monoisotopic (exact) mass is 248 g/mol. The predicted octanol–water partition coefficient (Wildman–Crippen LogP) is 2.15. The van der Waals surface area contributed by atoms with Crippen LogP contribution in [0.5, 0.6) is 5.75 Å². The number of rotatable bonds is 4. The minimum atomic E-state index is -0.391. The number of hydrogen-bond acceptors (Lipinski definition) is 4. The average Bonchev–Trinajstić information content (AvgIpc) is 2.37. The molecule has 0 bridgehead atoms. The topological polar surface area (TPSA) is 52.6 Å². The standard InChI is InChI=1S/C14H16O4/c1-2-17-14(16)9-18-13-8-4-5-10-11(13)6-3-7-12(10)15/h4-5,8H,2-3,6-7,9H2,1H3. The summed E-state index contributed by atoms with van der Waals surface area (Å²) in [6.45, 7) is 1.98. The Morgan fingerprint density at radius 2 is 2.17 bits per heavy atom. The molecule has 18 heavy (non-hydrogen) atoms. The maximum absolute atomic E-state index is 11.7. The second-order valence-electron chi connectivity index (χ2n) is 4.15. The summed E-state index contributed by atoms with van der Waals surface area (Å²) in [5, 5.41) is 0. The second-order valence-corrected chi connectivity index (χ2v) is 4.15. The van der Waals surface area contributed by atoms with Gasteiger partial charge in [0, 0.05) is 17.5 Å². The summed E-state index contributed by atoms with van der Waals surface area (Å²) < 4.78 is 10.2. The molecule has 4 heteroatoms. The van der Waals surface area contributed by atoms with Crippen LogP contribution >= 0.6 is 0 Å². The van der Waals surface area contributed by atoms with Gasteiger partial charge < -0.3 is 9.47 Å². The van der Waals surface area contributed by atoms with Crippen molar-refractivity contribution in [3.63, 3.8) is 0 Å². The predicted molar refractivity (Wildman–Crippen MR) is 65.8 cm³/mol. The van der Waals surface area contributed by atoms with Gasteiger partial charge in [-0.15, -0.1) is 0 Å². The maximum Gasteiger partial charge on any atom is 0.344 e. The van der Waals surface area contributed by atoms with Gasteiger partial charge in [-0.3, -0.25) is 4.79 Å². The fourth-order valence-corrected chi connectivity index (χ4v) is 2.12. The van der Waals surface area contributed by atoms with Gasteiger partial charge in [0.15, 0.2) is 12.4 Å². The van der Waals surface area contributed by atoms with Gasteiger partial charge in [0.05, 0.1) is 6.61 Å². The van der Waals surface area contributed by atoms with Crippen molar-refractivity contribution in [2.75, 3.05) is 13.2 Å². The molecule has 2 rings (SSSR count). The Kier molecular flexibility index (Phi) is 3.97. The molecule has 1 aliphatic carbocycles. The van der Waals surface area contributed by atoms with E-state index in [9.17, 15) is 9.59 Å². The summed E-state index contributed by atoms with van der Waals surface area (Å²) in [5.74, 6) is 0.378. The van der Waals surface area contributed by atoms with Crippen LogP contribution < -0.4 is 4.74 Å². The molecule has 1 aromatic rings. The van der Waals surface area contributed by atoms with E-state index in [0.717, 1.165) is 24.0 Å². The lowest BCUT2D eigenvalue weighted by molar-refractivity contribution is -0.145. The van der Waals surface area contributed by atoms with E-state index in [1.54, 1.807) is 19.1 Å². The van der Waals surface area contributed by atoms with Gasteiger partial charge >= 0.3 is 5.97 Å². The number of benzene rings is 1.